The molecule has 4 aromatic carbocycles. The Kier molecular flexibility index (Phi) is 9.26. The van der Waals surface area contributed by atoms with E-state index in [1.165, 1.54) is 0 Å². The molecule has 4 nitrogen and oxygen atoms in total. The zero-order chi connectivity index (χ0) is 27.3. The molecule has 0 unspecified atom stereocenters. The number of ether oxygens (including phenoxy) is 1. The van der Waals surface area contributed by atoms with Gasteiger partial charge in [0.2, 0.25) is 0 Å². The van der Waals surface area contributed by atoms with E-state index in [2.05, 4.69) is 11.6 Å². The van der Waals surface area contributed by atoms with Crippen LogP contribution in [-0.2, 0) is 27.3 Å². The summed E-state index contributed by atoms with van der Waals surface area (Å²) in [5, 5.41) is -0.212. The predicted octanol–water partition coefficient (Wildman–Crippen LogP) is 7.11. The summed E-state index contributed by atoms with van der Waals surface area (Å²) in [6, 6.07) is 31.2. The molecule has 0 heterocycles. The second-order valence-corrected chi connectivity index (χ2v) is 13.0. The minimum absolute atomic E-state index is 0.212. The maximum atomic E-state index is 13.8. The van der Waals surface area contributed by atoms with Gasteiger partial charge >= 0.3 is 0 Å². The normalized spacial score (nSPS) is 15.3. The molecule has 0 aliphatic carbocycles. The Balaban J connectivity index is 1.82. The van der Waals surface area contributed by atoms with Crippen LogP contribution in [-0.4, -0.2) is 21.8 Å². The number of hydrogen-bond acceptors (Lipinski definition) is 4. The third-order valence-corrected chi connectivity index (χ3v) is 10.6. The Morgan fingerprint density at radius 1 is 0.789 bits per heavy atom. The molecule has 0 aliphatic heterocycles. The minimum Gasteiger partial charge on any atom is -0.497 e. The molecule has 0 spiro atoms. The van der Waals surface area contributed by atoms with E-state index in [1.807, 2.05) is 117 Å². The molecule has 0 bridgehead atoms. The lowest BCUT2D eigenvalue weighted by Crippen LogP contribution is -2.45. The number of benzene rings is 4. The first-order chi connectivity index (χ1) is 18.3. The Labute approximate surface area is 235 Å². The molecule has 0 amide bonds. The van der Waals surface area contributed by atoms with Crippen molar-refractivity contribution in [2.24, 2.45) is 0 Å². The number of rotatable bonds is 10. The number of hydrogen-bond donors (Lipinski definition) is 1. The van der Waals surface area contributed by atoms with Crippen molar-refractivity contribution in [1.82, 2.24) is 4.72 Å². The Bertz CT molecular complexity index is 1420. The van der Waals surface area contributed by atoms with E-state index in [9.17, 15) is 8.42 Å². The smallest absolute Gasteiger partial charge is 0.125 e. The average Bonchev–Trinajstić information content (AvgIpc) is 2.94. The van der Waals surface area contributed by atoms with Crippen LogP contribution < -0.4 is 9.46 Å². The molecule has 4 aromatic rings. The molecule has 0 aromatic heterocycles. The summed E-state index contributed by atoms with van der Waals surface area (Å²) in [6.07, 6.45) is 2.04. The number of nitrogens with one attached hydrogen (secondary N) is 1. The second kappa shape index (κ2) is 12.4. The first-order valence-corrected chi connectivity index (χ1v) is 15.9. The van der Waals surface area contributed by atoms with Crippen LogP contribution in [0, 0.1) is 13.8 Å². The van der Waals surface area contributed by atoms with E-state index >= 15 is 0 Å². The summed E-state index contributed by atoms with van der Waals surface area (Å²) < 4.78 is 36.4. The van der Waals surface area contributed by atoms with Gasteiger partial charge in [-0.15, -0.1) is 0 Å². The quantitative estimate of drug-likeness (QED) is 0.223. The second-order valence-electron chi connectivity index (χ2n) is 9.35. The molecule has 1 N–H and O–H groups in total. The molecular formula is C31H33NO3S3. The fourth-order valence-electron chi connectivity index (χ4n) is 4.44. The Hall–Kier alpha value is -2.71. The van der Waals surface area contributed by atoms with Crippen molar-refractivity contribution in [2.75, 3.05) is 13.4 Å². The van der Waals surface area contributed by atoms with Gasteiger partial charge in [0, 0.05) is 9.79 Å². The van der Waals surface area contributed by atoms with Crippen molar-refractivity contribution in [3.8, 4) is 5.75 Å². The monoisotopic (exact) mass is 563 g/mol. The van der Waals surface area contributed by atoms with Gasteiger partial charge in [0.05, 0.1) is 33.6 Å². The van der Waals surface area contributed by atoms with Gasteiger partial charge < -0.3 is 4.74 Å². The van der Waals surface area contributed by atoms with E-state index in [0.29, 0.717) is 4.90 Å². The molecule has 0 saturated carbocycles. The van der Waals surface area contributed by atoms with Crippen molar-refractivity contribution in [1.29, 1.82) is 0 Å². The van der Waals surface area contributed by atoms with E-state index < -0.39 is 27.3 Å². The lowest BCUT2D eigenvalue weighted by Gasteiger charge is -2.39. The molecule has 38 heavy (non-hydrogen) atoms. The molecule has 0 fully saturated rings. The van der Waals surface area contributed by atoms with Crippen molar-refractivity contribution < 1.29 is 13.2 Å². The third kappa shape index (κ3) is 6.12. The summed E-state index contributed by atoms with van der Waals surface area (Å²) in [7, 11) is -1.23. The van der Waals surface area contributed by atoms with Crippen molar-refractivity contribution >= 4 is 33.5 Å². The zero-order valence-electron chi connectivity index (χ0n) is 22.3. The van der Waals surface area contributed by atoms with Crippen LogP contribution in [0.15, 0.2) is 112 Å². The van der Waals surface area contributed by atoms with Gasteiger partial charge in [0.1, 0.15) is 16.7 Å². The van der Waals surface area contributed by atoms with E-state index in [0.717, 1.165) is 37.8 Å². The zero-order valence-corrected chi connectivity index (χ0v) is 24.7. The van der Waals surface area contributed by atoms with Gasteiger partial charge in [-0.25, -0.2) is 13.1 Å². The van der Waals surface area contributed by atoms with Crippen molar-refractivity contribution in [2.45, 2.75) is 46.2 Å². The standard InChI is InChI=1S/C31H33NO3S3/c1-22-10-18-26(19-11-22)37(33)29-9-7-6-8-28(29)30(36-5)31(3,24-14-16-25(35-4)17-15-24)32-38(34)27-20-12-23(2)13-21-27/h6-21,30,32H,1-5H3/t30-,31-,37+,38+/m1/s1. The molecule has 7 heteroatoms. The van der Waals surface area contributed by atoms with Gasteiger partial charge in [0.15, 0.2) is 0 Å². The largest absolute Gasteiger partial charge is 0.497 e. The lowest BCUT2D eigenvalue weighted by atomic mass is 9.86. The summed E-state index contributed by atoms with van der Waals surface area (Å²) in [5.41, 5.74) is 3.34. The van der Waals surface area contributed by atoms with Gasteiger partial charge in [-0.3, -0.25) is 0 Å². The highest BCUT2D eigenvalue weighted by Gasteiger charge is 2.40. The summed E-state index contributed by atoms with van der Waals surface area (Å²) in [5.74, 6) is 0.748. The van der Waals surface area contributed by atoms with Crippen LogP contribution in [0.3, 0.4) is 0 Å². The fourth-order valence-corrected chi connectivity index (χ4v) is 8.08. The number of methoxy groups -OCH3 is 1. The topological polar surface area (TPSA) is 55.4 Å². The SMILES string of the molecule is COc1ccc([C@@](C)(N[S@@](=O)c2ccc(C)cc2)[C@H](SC)c2ccccc2[S@@](=O)c2ccc(C)cc2)cc1. The van der Waals surface area contributed by atoms with Crippen LogP contribution in [0.4, 0.5) is 0 Å². The highest BCUT2D eigenvalue weighted by molar-refractivity contribution is 7.99. The first kappa shape index (κ1) is 28.3. The highest BCUT2D eigenvalue weighted by Crippen LogP contribution is 2.46. The van der Waals surface area contributed by atoms with E-state index in [-0.39, 0.29) is 5.25 Å². The van der Waals surface area contributed by atoms with Crippen LogP contribution in [0.25, 0.3) is 0 Å². The van der Waals surface area contributed by atoms with E-state index in [4.69, 9.17) is 4.74 Å². The third-order valence-electron chi connectivity index (χ3n) is 6.63. The van der Waals surface area contributed by atoms with Crippen molar-refractivity contribution in [3.63, 3.8) is 0 Å². The molecule has 4 atom stereocenters. The molecule has 0 saturated heterocycles. The lowest BCUT2D eigenvalue weighted by molar-refractivity contribution is 0.410. The molecule has 0 aliphatic rings. The Morgan fingerprint density at radius 3 is 1.89 bits per heavy atom. The van der Waals surface area contributed by atoms with E-state index in [1.54, 1.807) is 18.9 Å². The Morgan fingerprint density at radius 2 is 1.34 bits per heavy atom. The molecule has 198 valence electrons. The van der Waals surface area contributed by atoms with Crippen LogP contribution in [0.2, 0.25) is 0 Å². The van der Waals surface area contributed by atoms with Gasteiger partial charge in [0.25, 0.3) is 0 Å². The van der Waals surface area contributed by atoms with Gasteiger partial charge in [-0.1, -0.05) is 65.7 Å². The molecular weight excluding hydrogens is 531 g/mol. The number of thioether (sulfide) groups is 1. The van der Waals surface area contributed by atoms with Gasteiger partial charge in [-0.2, -0.15) is 11.8 Å². The maximum absolute atomic E-state index is 13.8. The first-order valence-electron chi connectivity index (χ1n) is 12.3. The van der Waals surface area contributed by atoms with Crippen LogP contribution >= 0.6 is 11.8 Å². The fraction of sp³-hybridized carbons (Fsp3) is 0.226. The minimum atomic E-state index is -1.49. The van der Waals surface area contributed by atoms with Crippen molar-refractivity contribution in [3.05, 3.63) is 119 Å². The number of aryl methyl sites for hydroxylation is 2. The maximum Gasteiger partial charge on any atom is 0.125 e. The summed E-state index contributed by atoms with van der Waals surface area (Å²) in [6.45, 7) is 6.09. The molecule has 0 radical (unpaired) electrons. The summed E-state index contributed by atoms with van der Waals surface area (Å²) in [4.78, 5) is 2.20. The van der Waals surface area contributed by atoms with Gasteiger partial charge in [-0.05, 0) is 80.6 Å². The summed E-state index contributed by atoms with van der Waals surface area (Å²) >= 11 is 1.64. The average molecular weight is 564 g/mol. The predicted molar refractivity (Wildman–Crippen MR) is 160 cm³/mol. The highest BCUT2D eigenvalue weighted by atomic mass is 32.2. The van der Waals surface area contributed by atoms with Crippen LogP contribution in [0.1, 0.15) is 34.4 Å². The molecule has 4 rings (SSSR count). The van der Waals surface area contributed by atoms with Crippen LogP contribution in [0.5, 0.6) is 5.75 Å².